The van der Waals surface area contributed by atoms with E-state index in [-0.39, 0.29) is 24.1 Å². The van der Waals surface area contributed by atoms with E-state index in [1.165, 1.54) is 27.8 Å². The number of allylic oxidation sites excluding steroid dienone is 1. The molecule has 2 bridgehead atoms. The van der Waals surface area contributed by atoms with Crippen LogP contribution in [0.1, 0.15) is 29.9 Å². The second-order valence-corrected chi connectivity index (χ2v) is 7.93. The molecule has 2 fully saturated rings. The van der Waals surface area contributed by atoms with Crippen LogP contribution in [0.4, 0.5) is 4.79 Å². The van der Waals surface area contributed by atoms with Gasteiger partial charge in [-0.2, -0.15) is 0 Å². The number of piperidine rings is 1. The molecule has 2 aliphatic heterocycles. The highest BCUT2D eigenvalue weighted by Crippen LogP contribution is 2.44. The molecule has 146 valence electrons. The first-order valence-corrected chi connectivity index (χ1v) is 10.1. The Bertz CT molecular complexity index is 957. The molecule has 2 aromatic carbocycles. The predicted molar refractivity (Wildman–Crippen MR) is 111 cm³/mol. The molecule has 3 aliphatic rings. The van der Waals surface area contributed by atoms with Crippen LogP contribution in [0.3, 0.4) is 0 Å². The van der Waals surface area contributed by atoms with Crippen LogP contribution in [0.15, 0.2) is 60.2 Å². The minimum absolute atomic E-state index is 0.00208. The normalized spacial score (nSPS) is 22.4. The Labute approximate surface area is 171 Å². The van der Waals surface area contributed by atoms with Gasteiger partial charge in [-0.25, -0.2) is 4.79 Å². The SMILES string of the molecule is C#CC=C1CC2COCC(C1)N2C(=O)OCC1c2ccccc2-c2ccccc21. The van der Waals surface area contributed by atoms with Crippen LogP contribution in [0.25, 0.3) is 11.1 Å². The zero-order valence-electron chi connectivity index (χ0n) is 16.2. The van der Waals surface area contributed by atoms with Crippen molar-refractivity contribution >= 4 is 6.09 Å². The Hall–Kier alpha value is -3.03. The summed E-state index contributed by atoms with van der Waals surface area (Å²) in [5.74, 6) is 2.69. The van der Waals surface area contributed by atoms with Crippen molar-refractivity contribution in [2.45, 2.75) is 30.8 Å². The van der Waals surface area contributed by atoms with Crippen molar-refractivity contribution < 1.29 is 14.3 Å². The number of fused-ring (bicyclic) bond motifs is 5. The van der Waals surface area contributed by atoms with E-state index in [9.17, 15) is 4.79 Å². The Morgan fingerprint density at radius 3 is 2.24 bits per heavy atom. The third kappa shape index (κ3) is 3.12. The molecule has 1 amide bonds. The van der Waals surface area contributed by atoms with Gasteiger partial charge in [0.25, 0.3) is 0 Å². The highest BCUT2D eigenvalue weighted by molar-refractivity contribution is 5.79. The standard InChI is InChI=1S/C25H23NO3/c1-2-7-17-12-18-14-28-15-19(13-17)26(18)25(27)29-16-24-22-10-5-3-8-20(22)21-9-4-6-11-23(21)24/h1,3-11,18-19,24H,12-16H2. The number of rotatable bonds is 2. The van der Waals surface area contributed by atoms with Gasteiger partial charge in [-0.15, -0.1) is 6.42 Å². The molecule has 0 N–H and O–H groups in total. The van der Waals surface area contributed by atoms with Crippen molar-refractivity contribution in [3.63, 3.8) is 0 Å². The highest BCUT2D eigenvalue weighted by atomic mass is 16.6. The van der Waals surface area contributed by atoms with Gasteiger partial charge in [0.1, 0.15) is 6.61 Å². The topological polar surface area (TPSA) is 38.8 Å². The number of carbonyl (C=O) groups is 1. The fourth-order valence-electron chi connectivity index (χ4n) is 5.00. The number of hydrogen-bond donors (Lipinski definition) is 0. The second kappa shape index (κ2) is 7.42. The first-order chi connectivity index (χ1) is 14.3. The van der Waals surface area contributed by atoms with Gasteiger partial charge in [-0.1, -0.05) is 60.0 Å². The summed E-state index contributed by atoms with van der Waals surface area (Å²) in [6.45, 7) is 1.40. The number of amides is 1. The number of terminal acetylenes is 1. The summed E-state index contributed by atoms with van der Waals surface area (Å²) in [6, 6.07) is 16.7. The number of nitrogens with zero attached hydrogens (tertiary/aromatic N) is 1. The molecule has 0 saturated carbocycles. The lowest BCUT2D eigenvalue weighted by Gasteiger charge is -2.45. The van der Waals surface area contributed by atoms with Crippen LogP contribution < -0.4 is 0 Å². The van der Waals surface area contributed by atoms with Gasteiger partial charge in [-0.05, 0) is 41.2 Å². The molecule has 2 unspecified atom stereocenters. The fraction of sp³-hybridized carbons (Fsp3) is 0.320. The molecule has 1 aliphatic carbocycles. The summed E-state index contributed by atoms with van der Waals surface area (Å²) in [5.41, 5.74) is 6.13. The van der Waals surface area contributed by atoms with E-state index in [0.717, 1.165) is 12.8 Å². The summed E-state index contributed by atoms with van der Waals surface area (Å²) >= 11 is 0. The molecule has 2 saturated heterocycles. The number of carbonyl (C=O) groups excluding carboxylic acids is 1. The molecule has 0 radical (unpaired) electrons. The van der Waals surface area contributed by atoms with Crippen LogP contribution in [-0.4, -0.2) is 42.9 Å². The Balaban J connectivity index is 1.34. The molecule has 2 aromatic rings. The molecular weight excluding hydrogens is 362 g/mol. The molecule has 2 atom stereocenters. The second-order valence-electron chi connectivity index (χ2n) is 7.93. The minimum Gasteiger partial charge on any atom is -0.448 e. The van der Waals surface area contributed by atoms with Crippen molar-refractivity contribution in [2.75, 3.05) is 19.8 Å². The van der Waals surface area contributed by atoms with Gasteiger partial charge < -0.3 is 9.47 Å². The average Bonchev–Trinajstić information content (AvgIpc) is 3.05. The van der Waals surface area contributed by atoms with E-state index >= 15 is 0 Å². The highest BCUT2D eigenvalue weighted by Gasteiger charge is 2.41. The number of ether oxygens (including phenoxy) is 2. The van der Waals surface area contributed by atoms with E-state index in [4.69, 9.17) is 15.9 Å². The minimum atomic E-state index is -0.245. The molecule has 5 rings (SSSR count). The zero-order valence-corrected chi connectivity index (χ0v) is 16.2. The first kappa shape index (κ1) is 18.0. The average molecular weight is 385 g/mol. The first-order valence-electron chi connectivity index (χ1n) is 10.1. The van der Waals surface area contributed by atoms with Crippen LogP contribution in [0, 0.1) is 12.3 Å². The van der Waals surface area contributed by atoms with Gasteiger partial charge in [-0.3, -0.25) is 4.90 Å². The molecule has 2 heterocycles. The lowest BCUT2D eigenvalue weighted by atomic mass is 9.90. The van der Waals surface area contributed by atoms with Crippen molar-refractivity contribution in [3.8, 4) is 23.5 Å². The zero-order chi connectivity index (χ0) is 19.8. The lowest BCUT2D eigenvalue weighted by molar-refractivity contribution is -0.0549. The van der Waals surface area contributed by atoms with E-state index in [1.807, 2.05) is 23.1 Å². The van der Waals surface area contributed by atoms with Gasteiger partial charge in [0.05, 0.1) is 25.3 Å². The lowest BCUT2D eigenvalue weighted by Crippen LogP contribution is -2.58. The Morgan fingerprint density at radius 1 is 1.07 bits per heavy atom. The van der Waals surface area contributed by atoms with E-state index in [2.05, 4.69) is 42.3 Å². The third-order valence-corrected chi connectivity index (χ3v) is 6.24. The maximum atomic E-state index is 13.0. The maximum Gasteiger partial charge on any atom is 0.410 e. The summed E-state index contributed by atoms with van der Waals surface area (Å²) in [7, 11) is 0. The van der Waals surface area contributed by atoms with Gasteiger partial charge in [0.2, 0.25) is 0 Å². The Kier molecular flexibility index (Phi) is 4.61. The largest absolute Gasteiger partial charge is 0.448 e. The van der Waals surface area contributed by atoms with E-state index in [1.54, 1.807) is 0 Å². The van der Waals surface area contributed by atoms with Crippen LogP contribution in [-0.2, 0) is 9.47 Å². The molecule has 4 heteroatoms. The van der Waals surface area contributed by atoms with Crippen LogP contribution in [0.2, 0.25) is 0 Å². The van der Waals surface area contributed by atoms with E-state index in [0.29, 0.717) is 19.8 Å². The maximum absolute atomic E-state index is 13.0. The van der Waals surface area contributed by atoms with Crippen molar-refractivity contribution in [3.05, 3.63) is 71.3 Å². The summed E-state index contributed by atoms with van der Waals surface area (Å²) in [5, 5.41) is 0. The van der Waals surface area contributed by atoms with Crippen molar-refractivity contribution in [2.24, 2.45) is 0 Å². The predicted octanol–water partition coefficient (Wildman–Crippen LogP) is 4.36. The smallest absolute Gasteiger partial charge is 0.410 e. The van der Waals surface area contributed by atoms with E-state index < -0.39 is 0 Å². The molecule has 0 aromatic heterocycles. The molecule has 4 nitrogen and oxygen atoms in total. The van der Waals surface area contributed by atoms with Gasteiger partial charge >= 0.3 is 6.09 Å². The monoisotopic (exact) mass is 385 g/mol. The summed E-state index contributed by atoms with van der Waals surface area (Å²) < 4.78 is 11.6. The fourth-order valence-corrected chi connectivity index (χ4v) is 5.00. The van der Waals surface area contributed by atoms with Crippen molar-refractivity contribution in [1.82, 2.24) is 4.90 Å². The summed E-state index contributed by atoms with van der Waals surface area (Å²) in [6.07, 6.45) is 8.53. The number of benzene rings is 2. The summed E-state index contributed by atoms with van der Waals surface area (Å²) in [4.78, 5) is 14.9. The molecule has 0 spiro atoms. The quantitative estimate of drug-likeness (QED) is 0.721. The van der Waals surface area contributed by atoms with Gasteiger partial charge in [0.15, 0.2) is 0 Å². The van der Waals surface area contributed by atoms with Gasteiger partial charge in [0, 0.05) is 5.92 Å². The number of hydrogen-bond acceptors (Lipinski definition) is 3. The molecule has 29 heavy (non-hydrogen) atoms. The van der Waals surface area contributed by atoms with Crippen molar-refractivity contribution in [1.29, 1.82) is 0 Å². The van der Waals surface area contributed by atoms with Crippen LogP contribution >= 0.6 is 0 Å². The number of morpholine rings is 1. The molecular formula is C25H23NO3. The van der Waals surface area contributed by atoms with Crippen LogP contribution in [0.5, 0.6) is 0 Å². The Morgan fingerprint density at radius 2 is 1.66 bits per heavy atom. The third-order valence-electron chi connectivity index (χ3n) is 6.24.